The third-order valence-corrected chi connectivity index (χ3v) is 5.31. The molecule has 3 rings (SSSR count). The van der Waals surface area contributed by atoms with E-state index in [-0.39, 0.29) is 5.91 Å². The van der Waals surface area contributed by atoms with E-state index in [9.17, 15) is 4.79 Å². The van der Waals surface area contributed by atoms with Crippen LogP contribution in [0.1, 0.15) is 16.0 Å². The Labute approximate surface area is 148 Å². The van der Waals surface area contributed by atoms with Gasteiger partial charge < -0.3 is 5.32 Å². The number of benzene rings is 1. The van der Waals surface area contributed by atoms with E-state index in [0.29, 0.717) is 6.54 Å². The van der Waals surface area contributed by atoms with Crippen molar-refractivity contribution in [3.63, 3.8) is 0 Å². The van der Waals surface area contributed by atoms with Crippen LogP contribution in [-0.2, 0) is 11.3 Å². The van der Waals surface area contributed by atoms with E-state index in [1.807, 2.05) is 30.4 Å². The van der Waals surface area contributed by atoms with Gasteiger partial charge in [-0.3, -0.25) is 14.6 Å². The lowest BCUT2D eigenvalue weighted by molar-refractivity contribution is -0.117. The number of carbonyl (C=O) groups excluding carboxylic acids is 1. The Kier molecular flexibility index (Phi) is 5.66. The second-order valence-electron chi connectivity index (χ2n) is 6.50. The molecular weight excluding hydrogens is 318 g/mol. The molecule has 0 atom stereocenters. The van der Waals surface area contributed by atoms with Crippen molar-refractivity contribution in [3.8, 4) is 0 Å². The fourth-order valence-corrected chi connectivity index (χ4v) is 3.82. The average Bonchev–Trinajstić information content (AvgIpc) is 3.05. The summed E-state index contributed by atoms with van der Waals surface area (Å²) in [6.45, 7) is 9.54. The molecule has 0 aliphatic carbocycles. The van der Waals surface area contributed by atoms with Crippen molar-refractivity contribution in [2.24, 2.45) is 0 Å². The zero-order valence-electron chi connectivity index (χ0n) is 14.4. The van der Waals surface area contributed by atoms with Gasteiger partial charge in [-0.25, -0.2) is 0 Å². The van der Waals surface area contributed by atoms with Crippen molar-refractivity contribution >= 4 is 22.9 Å². The maximum absolute atomic E-state index is 12.3. The van der Waals surface area contributed by atoms with Gasteiger partial charge in [0.05, 0.1) is 6.54 Å². The van der Waals surface area contributed by atoms with Crippen LogP contribution in [0.25, 0.3) is 0 Å². The summed E-state index contributed by atoms with van der Waals surface area (Å²) in [4.78, 5) is 18.4. The highest BCUT2D eigenvalue weighted by Gasteiger charge is 2.19. The maximum atomic E-state index is 12.3. The minimum Gasteiger partial charge on any atom is -0.325 e. The minimum atomic E-state index is 0.0775. The molecule has 1 aliphatic rings. The van der Waals surface area contributed by atoms with Crippen LogP contribution >= 0.6 is 11.3 Å². The third kappa shape index (κ3) is 4.66. The molecule has 24 heavy (non-hydrogen) atoms. The lowest BCUT2D eigenvalue weighted by atomic mass is 10.1. The molecule has 2 aromatic rings. The number of nitrogens with one attached hydrogen (secondary N) is 1. The lowest BCUT2D eigenvalue weighted by Gasteiger charge is -2.34. The van der Waals surface area contributed by atoms with Crippen LogP contribution < -0.4 is 5.32 Å². The second-order valence-corrected chi connectivity index (χ2v) is 7.53. The summed E-state index contributed by atoms with van der Waals surface area (Å²) in [5.41, 5.74) is 3.25. The Balaban J connectivity index is 1.44. The normalized spacial score (nSPS) is 16.2. The number of hydrogen-bond acceptors (Lipinski definition) is 4. The van der Waals surface area contributed by atoms with Crippen molar-refractivity contribution in [1.82, 2.24) is 9.80 Å². The van der Waals surface area contributed by atoms with E-state index in [4.69, 9.17) is 0 Å². The molecule has 1 saturated heterocycles. The summed E-state index contributed by atoms with van der Waals surface area (Å²) >= 11 is 1.81. The summed E-state index contributed by atoms with van der Waals surface area (Å²) in [6.07, 6.45) is 0. The summed E-state index contributed by atoms with van der Waals surface area (Å²) in [5, 5.41) is 5.17. The average molecular weight is 343 g/mol. The molecule has 1 aromatic carbocycles. The van der Waals surface area contributed by atoms with Gasteiger partial charge >= 0.3 is 0 Å². The quantitative estimate of drug-likeness (QED) is 0.906. The fraction of sp³-hybridized carbons (Fsp3) is 0.421. The van der Waals surface area contributed by atoms with Crippen molar-refractivity contribution in [2.75, 3.05) is 38.0 Å². The number of anilines is 1. The molecule has 0 saturated carbocycles. The number of thiophene rings is 1. The Bertz CT molecular complexity index is 676. The van der Waals surface area contributed by atoms with E-state index in [2.05, 4.69) is 45.6 Å². The van der Waals surface area contributed by atoms with Gasteiger partial charge in [0.15, 0.2) is 0 Å². The standard InChI is InChI=1S/C19H25N3OS/c1-15-5-6-18(16(2)12-15)20-19(23)14-22-9-7-21(8-10-22)13-17-4-3-11-24-17/h3-6,11-12H,7-10,13-14H2,1-2H3,(H,20,23). The smallest absolute Gasteiger partial charge is 0.238 e. The van der Waals surface area contributed by atoms with Crippen LogP contribution in [0.2, 0.25) is 0 Å². The van der Waals surface area contributed by atoms with Crippen molar-refractivity contribution in [3.05, 3.63) is 51.7 Å². The first-order valence-corrected chi connectivity index (χ1v) is 9.32. The predicted octanol–water partition coefficient (Wildman–Crippen LogP) is 3.12. The summed E-state index contributed by atoms with van der Waals surface area (Å²) < 4.78 is 0. The van der Waals surface area contributed by atoms with E-state index in [1.165, 1.54) is 10.4 Å². The van der Waals surface area contributed by atoms with E-state index in [1.54, 1.807) is 0 Å². The molecule has 0 spiro atoms. The fourth-order valence-electron chi connectivity index (χ4n) is 3.08. The van der Waals surface area contributed by atoms with Crippen LogP contribution in [0, 0.1) is 13.8 Å². The SMILES string of the molecule is Cc1ccc(NC(=O)CN2CCN(Cc3cccs3)CC2)c(C)c1. The largest absolute Gasteiger partial charge is 0.325 e. The van der Waals surface area contributed by atoms with Crippen LogP contribution in [0.15, 0.2) is 35.7 Å². The van der Waals surface area contributed by atoms with Gasteiger partial charge in [-0.1, -0.05) is 23.8 Å². The highest BCUT2D eigenvalue weighted by molar-refractivity contribution is 7.09. The van der Waals surface area contributed by atoms with Crippen LogP contribution in [0.5, 0.6) is 0 Å². The topological polar surface area (TPSA) is 35.6 Å². The number of piperazine rings is 1. The van der Waals surface area contributed by atoms with Gasteiger partial charge in [0.1, 0.15) is 0 Å². The second kappa shape index (κ2) is 7.92. The van der Waals surface area contributed by atoms with Crippen molar-refractivity contribution < 1.29 is 4.79 Å². The van der Waals surface area contributed by atoms with E-state index >= 15 is 0 Å². The number of aryl methyl sites for hydroxylation is 2. The lowest BCUT2D eigenvalue weighted by Crippen LogP contribution is -2.48. The van der Waals surface area contributed by atoms with Crippen molar-refractivity contribution in [1.29, 1.82) is 0 Å². The Morgan fingerprint density at radius 1 is 1.12 bits per heavy atom. The van der Waals surface area contributed by atoms with Crippen molar-refractivity contribution in [2.45, 2.75) is 20.4 Å². The first-order valence-electron chi connectivity index (χ1n) is 8.44. The first kappa shape index (κ1) is 17.1. The Morgan fingerprint density at radius 3 is 2.54 bits per heavy atom. The van der Waals surface area contributed by atoms with Gasteiger partial charge in [-0.15, -0.1) is 11.3 Å². The van der Waals surface area contributed by atoms with Crippen LogP contribution in [0.3, 0.4) is 0 Å². The molecule has 1 fully saturated rings. The van der Waals surface area contributed by atoms with E-state index < -0.39 is 0 Å². The number of carbonyl (C=O) groups is 1. The minimum absolute atomic E-state index is 0.0775. The highest BCUT2D eigenvalue weighted by atomic mass is 32.1. The van der Waals surface area contributed by atoms with Crippen LogP contribution in [0.4, 0.5) is 5.69 Å². The summed E-state index contributed by atoms with van der Waals surface area (Å²) in [5.74, 6) is 0.0775. The monoisotopic (exact) mass is 343 g/mol. The molecule has 0 unspecified atom stereocenters. The van der Waals surface area contributed by atoms with Crippen LogP contribution in [-0.4, -0.2) is 48.4 Å². The molecule has 1 N–H and O–H groups in total. The highest BCUT2D eigenvalue weighted by Crippen LogP contribution is 2.16. The number of rotatable bonds is 5. The zero-order chi connectivity index (χ0) is 16.9. The third-order valence-electron chi connectivity index (χ3n) is 4.45. The Hall–Kier alpha value is -1.69. The zero-order valence-corrected chi connectivity index (χ0v) is 15.2. The van der Waals surface area contributed by atoms with Gasteiger partial charge in [-0.05, 0) is 36.9 Å². The molecule has 1 aromatic heterocycles. The summed E-state index contributed by atoms with van der Waals surface area (Å²) in [7, 11) is 0. The molecule has 128 valence electrons. The number of hydrogen-bond donors (Lipinski definition) is 1. The first-order chi connectivity index (χ1) is 11.6. The van der Waals surface area contributed by atoms with E-state index in [0.717, 1.165) is 44.0 Å². The van der Waals surface area contributed by atoms with Gasteiger partial charge in [-0.2, -0.15) is 0 Å². The molecule has 1 aliphatic heterocycles. The molecule has 0 bridgehead atoms. The van der Waals surface area contributed by atoms with Gasteiger partial charge in [0.2, 0.25) is 5.91 Å². The molecule has 0 radical (unpaired) electrons. The molecule has 4 nitrogen and oxygen atoms in total. The summed E-state index contributed by atoms with van der Waals surface area (Å²) in [6, 6.07) is 10.4. The van der Waals surface area contributed by atoms with Gasteiger partial charge in [0, 0.05) is 43.3 Å². The molecule has 1 amide bonds. The molecule has 5 heteroatoms. The number of nitrogens with zero attached hydrogens (tertiary/aromatic N) is 2. The molecular formula is C19H25N3OS. The Morgan fingerprint density at radius 2 is 1.88 bits per heavy atom. The number of amides is 1. The molecule has 2 heterocycles. The van der Waals surface area contributed by atoms with Gasteiger partial charge in [0.25, 0.3) is 0 Å². The predicted molar refractivity (Wildman–Crippen MR) is 101 cm³/mol. The maximum Gasteiger partial charge on any atom is 0.238 e.